The summed E-state index contributed by atoms with van der Waals surface area (Å²) in [4.78, 5) is 14.4. The third-order valence-corrected chi connectivity index (χ3v) is 3.85. The number of likely N-dealkylation sites (N-methyl/N-ethyl adjacent to an activating group) is 1. The number of aromatic nitrogens is 2. The quantitative estimate of drug-likeness (QED) is 0.497. The topological polar surface area (TPSA) is 46.8 Å². The van der Waals surface area contributed by atoms with E-state index in [2.05, 4.69) is 16.9 Å². The molecule has 0 atom stereocenters. The second kappa shape index (κ2) is 8.67. The van der Waals surface area contributed by atoms with Gasteiger partial charge in [0.15, 0.2) is 5.78 Å². The summed E-state index contributed by atoms with van der Waals surface area (Å²) >= 11 is 0. The molecule has 0 radical (unpaired) electrons. The summed E-state index contributed by atoms with van der Waals surface area (Å²) in [5, 5.41) is 4.29. The van der Waals surface area contributed by atoms with Crippen LogP contribution in [0, 0.1) is 0 Å². The van der Waals surface area contributed by atoms with Crippen LogP contribution in [0.25, 0.3) is 5.52 Å². The van der Waals surface area contributed by atoms with E-state index in [1.165, 1.54) is 12.8 Å². The lowest BCUT2D eigenvalue weighted by Crippen LogP contribution is -2.19. The molecule has 0 spiro atoms. The molecule has 23 heavy (non-hydrogen) atoms. The van der Waals surface area contributed by atoms with Crippen LogP contribution in [-0.2, 0) is 0 Å². The number of fused-ring (bicyclic) bond motifs is 1. The number of carbonyl (C=O) groups excluding carboxylic acids is 1. The van der Waals surface area contributed by atoms with Crippen molar-refractivity contribution in [2.24, 2.45) is 0 Å². The van der Waals surface area contributed by atoms with E-state index in [-0.39, 0.29) is 5.78 Å². The predicted molar refractivity (Wildman–Crippen MR) is 92.3 cm³/mol. The van der Waals surface area contributed by atoms with Crippen molar-refractivity contribution < 1.29 is 9.53 Å². The first-order chi connectivity index (χ1) is 11.1. The predicted octanol–water partition coefficient (Wildman–Crippen LogP) is 3.43. The maximum atomic E-state index is 12.3. The van der Waals surface area contributed by atoms with Gasteiger partial charge in [-0.25, -0.2) is 4.52 Å². The van der Waals surface area contributed by atoms with E-state index >= 15 is 0 Å². The second-order valence-electron chi connectivity index (χ2n) is 6.14. The van der Waals surface area contributed by atoms with E-state index < -0.39 is 0 Å². The SMILES string of the molecule is CCCCCCC(=O)c1cnn2cc(OCCN(C)C)ccc12. The van der Waals surface area contributed by atoms with Crippen LogP contribution in [0.15, 0.2) is 24.5 Å². The maximum absolute atomic E-state index is 12.3. The number of pyridine rings is 1. The second-order valence-corrected chi connectivity index (χ2v) is 6.14. The first kappa shape index (κ1) is 17.5. The van der Waals surface area contributed by atoms with Gasteiger partial charge in [0.1, 0.15) is 12.4 Å². The Balaban J connectivity index is 1.99. The number of hydrogen-bond acceptors (Lipinski definition) is 4. The average molecular weight is 317 g/mol. The Morgan fingerprint density at radius 2 is 2.09 bits per heavy atom. The monoisotopic (exact) mass is 317 g/mol. The Morgan fingerprint density at radius 3 is 2.83 bits per heavy atom. The number of unbranched alkanes of at least 4 members (excludes halogenated alkanes) is 3. The van der Waals surface area contributed by atoms with Crippen LogP contribution in [0.3, 0.4) is 0 Å². The van der Waals surface area contributed by atoms with Crippen molar-refractivity contribution in [3.05, 3.63) is 30.1 Å². The van der Waals surface area contributed by atoms with Gasteiger partial charge in [-0.1, -0.05) is 26.2 Å². The van der Waals surface area contributed by atoms with E-state index in [9.17, 15) is 4.79 Å². The average Bonchev–Trinajstić information content (AvgIpc) is 2.94. The molecule has 2 aromatic heterocycles. The van der Waals surface area contributed by atoms with Crippen LogP contribution in [-0.4, -0.2) is 47.5 Å². The fourth-order valence-corrected chi connectivity index (χ4v) is 2.46. The minimum Gasteiger partial charge on any atom is -0.491 e. The highest BCUT2D eigenvalue weighted by Crippen LogP contribution is 2.18. The van der Waals surface area contributed by atoms with Crippen LogP contribution in [0.1, 0.15) is 49.4 Å². The van der Waals surface area contributed by atoms with Gasteiger partial charge in [-0.3, -0.25) is 4.79 Å². The van der Waals surface area contributed by atoms with E-state index in [0.29, 0.717) is 18.6 Å². The molecule has 0 aliphatic rings. The van der Waals surface area contributed by atoms with Crippen molar-refractivity contribution in [1.82, 2.24) is 14.5 Å². The number of hydrogen-bond donors (Lipinski definition) is 0. The lowest BCUT2D eigenvalue weighted by Gasteiger charge is -2.11. The zero-order valence-corrected chi connectivity index (χ0v) is 14.4. The van der Waals surface area contributed by atoms with Gasteiger partial charge < -0.3 is 9.64 Å². The third-order valence-electron chi connectivity index (χ3n) is 3.85. The smallest absolute Gasteiger partial charge is 0.166 e. The van der Waals surface area contributed by atoms with Gasteiger partial charge in [-0.05, 0) is 32.6 Å². The van der Waals surface area contributed by atoms with E-state index in [1.54, 1.807) is 10.7 Å². The molecular formula is C18H27N3O2. The Hall–Kier alpha value is -1.88. The molecule has 0 saturated heterocycles. The zero-order valence-electron chi connectivity index (χ0n) is 14.4. The number of ether oxygens (including phenoxy) is 1. The van der Waals surface area contributed by atoms with Gasteiger partial charge in [-0.15, -0.1) is 0 Å². The normalized spacial score (nSPS) is 11.3. The first-order valence-electron chi connectivity index (χ1n) is 8.40. The van der Waals surface area contributed by atoms with Gasteiger partial charge in [0.05, 0.1) is 23.5 Å². The molecule has 0 saturated carbocycles. The summed E-state index contributed by atoms with van der Waals surface area (Å²) in [5.74, 6) is 0.946. The molecule has 5 nitrogen and oxygen atoms in total. The molecular weight excluding hydrogens is 290 g/mol. The number of nitrogens with zero attached hydrogens (tertiary/aromatic N) is 3. The largest absolute Gasteiger partial charge is 0.491 e. The molecule has 0 N–H and O–H groups in total. The Kier molecular flexibility index (Phi) is 6.59. The number of ketones is 1. The molecule has 0 unspecified atom stereocenters. The molecule has 5 heteroatoms. The highest BCUT2D eigenvalue weighted by Gasteiger charge is 2.12. The molecule has 2 aromatic rings. The van der Waals surface area contributed by atoms with Crippen molar-refractivity contribution in [2.45, 2.75) is 39.0 Å². The molecule has 0 amide bonds. The van der Waals surface area contributed by atoms with Gasteiger partial charge in [-0.2, -0.15) is 5.10 Å². The molecule has 0 aromatic carbocycles. The standard InChI is InChI=1S/C18H27N3O2/c1-4-5-6-7-8-18(22)16-13-19-21-14-15(9-10-17(16)21)23-12-11-20(2)3/h9-10,13-14H,4-8,11-12H2,1-3H3. The van der Waals surface area contributed by atoms with Crippen LogP contribution in [0.5, 0.6) is 5.75 Å². The first-order valence-corrected chi connectivity index (χ1v) is 8.40. The van der Waals surface area contributed by atoms with Crippen LogP contribution >= 0.6 is 0 Å². The summed E-state index contributed by atoms with van der Waals surface area (Å²) in [7, 11) is 4.02. The molecule has 0 aliphatic carbocycles. The summed E-state index contributed by atoms with van der Waals surface area (Å²) in [6, 6.07) is 3.82. The zero-order chi connectivity index (χ0) is 16.7. The highest BCUT2D eigenvalue weighted by molar-refractivity contribution is 6.02. The molecule has 2 rings (SSSR count). The van der Waals surface area contributed by atoms with E-state index in [1.807, 2.05) is 32.4 Å². The summed E-state index contributed by atoms with van der Waals surface area (Å²) in [6.45, 7) is 3.66. The molecule has 0 bridgehead atoms. The Bertz CT molecular complexity index is 634. The summed E-state index contributed by atoms with van der Waals surface area (Å²) in [5.41, 5.74) is 1.56. The van der Waals surface area contributed by atoms with E-state index in [4.69, 9.17) is 4.74 Å². The fraction of sp³-hybridized carbons (Fsp3) is 0.556. The minimum absolute atomic E-state index is 0.178. The van der Waals surface area contributed by atoms with Gasteiger partial charge in [0.2, 0.25) is 0 Å². The molecule has 0 fully saturated rings. The number of carbonyl (C=O) groups is 1. The van der Waals surface area contributed by atoms with Crippen molar-refractivity contribution in [2.75, 3.05) is 27.2 Å². The maximum Gasteiger partial charge on any atom is 0.166 e. The Morgan fingerprint density at radius 1 is 1.26 bits per heavy atom. The third kappa shape index (κ3) is 5.06. The van der Waals surface area contributed by atoms with Crippen molar-refractivity contribution in [3.63, 3.8) is 0 Å². The van der Waals surface area contributed by atoms with Crippen LogP contribution in [0.2, 0.25) is 0 Å². The van der Waals surface area contributed by atoms with Crippen LogP contribution in [0.4, 0.5) is 0 Å². The lowest BCUT2D eigenvalue weighted by atomic mass is 10.1. The summed E-state index contributed by atoms with van der Waals surface area (Å²) in [6.07, 6.45) is 8.54. The van der Waals surface area contributed by atoms with Crippen molar-refractivity contribution >= 4 is 11.3 Å². The van der Waals surface area contributed by atoms with Gasteiger partial charge >= 0.3 is 0 Å². The lowest BCUT2D eigenvalue weighted by molar-refractivity contribution is 0.0980. The molecule has 0 aliphatic heterocycles. The van der Waals surface area contributed by atoms with Gasteiger partial charge in [0.25, 0.3) is 0 Å². The minimum atomic E-state index is 0.178. The van der Waals surface area contributed by atoms with Crippen LogP contribution < -0.4 is 4.74 Å². The van der Waals surface area contributed by atoms with Gasteiger partial charge in [0, 0.05) is 13.0 Å². The summed E-state index contributed by atoms with van der Waals surface area (Å²) < 4.78 is 7.43. The van der Waals surface area contributed by atoms with Crippen molar-refractivity contribution in [3.8, 4) is 5.75 Å². The fourth-order valence-electron chi connectivity index (χ4n) is 2.46. The van der Waals surface area contributed by atoms with Crippen molar-refractivity contribution in [1.29, 1.82) is 0 Å². The number of rotatable bonds is 10. The highest BCUT2D eigenvalue weighted by atomic mass is 16.5. The Labute approximate surface area is 138 Å². The number of Topliss-reactive ketones (excluding diaryl/α,β-unsaturated/α-hetero) is 1. The van der Waals surface area contributed by atoms with E-state index in [0.717, 1.165) is 30.7 Å². The molecule has 126 valence electrons. The molecule has 2 heterocycles.